The lowest BCUT2D eigenvalue weighted by atomic mass is 10.1. The highest BCUT2D eigenvalue weighted by Gasteiger charge is 2.39. The zero-order valence-corrected chi connectivity index (χ0v) is 10.3. The van der Waals surface area contributed by atoms with Gasteiger partial charge in [0.2, 0.25) is 0 Å². The van der Waals surface area contributed by atoms with Crippen molar-refractivity contribution in [2.75, 3.05) is 0 Å². The number of allylic oxidation sites excluding steroid dienone is 2. The van der Waals surface area contributed by atoms with Crippen molar-refractivity contribution >= 4 is 5.70 Å². The van der Waals surface area contributed by atoms with Gasteiger partial charge in [-0.15, -0.1) is 0 Å². The van der Waals surface area contributed by atoms with Crippen molar-refractivity contribution in [3.05, 3.63) is 47.1 Å². The molecule has 116 valence electrons. The van der Waals surface area contributed by atoms with Crippen molar-refractivity contribution in [2.24, 2.45) is 17.2 Å². The third-order valence-electron chi connectivity index (χ3n) is 2.27. The summed E-state index contributed by atoms with van der Waals surface area (Å²) in [5.74, 6) is -0.230. The molecule has 0 aliphatic rings. The molecule has 0 unspecified atom stereocenters. The van der Waals surface area contributed by atoms with Gasteiger partial charge >= 0.3 is 12.4 Å². The van der Waals surface area contributed by atoms with Gasteiger partial charge in [-0.05, 0) is 18.2 Å². The summed E-state index contributed by atoms with van der Waals surface area (Å²) in [4.78, 5) is 2.94. The Morgan fingerprint density at radius 2 is 1.52 bits per heavy atom. The number of aromatic nitrogens is 1. The SMILES string of the molecule is NC(N)=C/C=C(\N)c1cnc(C(F)(F)F)cc1C(F)(F)F. The molecule has 1 rings (SSSR count). The molecule has 21 heavy (non-hydrogen) atoms. The molecule has 0 saturated carbocycles. The standard InChI is InChI=1S/C11H10F6N4/c12-10(13,14)6-3-8(11(15,16)17)21-4-5(6)7(18)1-2-9(19)20/h1-4H,18-20H2/b7-1-. The van der Waals surface area contributed by atoms with E-state index in [2.05, 4.69) is 4.98 Å². The molecule has 1 heterocycles. The molecule has 0 aromatic carbocycles. The topological polar surface area (TPSA) is 91.0 Å². The van der Waals surface area contributed by atoms with Gasteiger partial charge in [0, 0.05) is 17.5 Å². The summed E-state index contributed by atoms with van der Waals surface area (Å²) in [6.45, 7) is 0. The van der Waals surface area contributed by atoms with Crippen LogP contribution in [0.5, 0.6) is 0 Å². The van der Waals surface area contributed by atoms with Crippen LogP contribution in [0.25, 0.3) is 5.70 Å². The molecule has 0 amide bonds. The van der Waals surface area contributed by atoms with Gasteiger partial charge in [-0.25, -0.2) is 0 Å². The predicted octanol–water partition coefficient (Wildman–Crippen LogP) is 2.18. The smallest absolute Gasteiger partial charge is 0.398 e. The third kappa shape index (κ3) is 4.29. The number of nitrogens with zero attached hydrogens (tertiary/aromatic N) is 1. The summed E-state index contributed by atoms with van der Waals surface area (Å²) in [7, 11) is 0. The second-order valence-corrected chi connectivity index (χ2v) is 3.90. The molecule has 0 bridgehead atoms. The van der Waals surface area contributed by atoms with Gasteiger partial charge in [0.15, 0.2) is 0 Å². The van der Waals surface area contributed by atoms with Crippen LogP contribution >= 0.6 is 0 Å². The van der Waals surface area contributed by atoms with Crippen molar-refractivity contribution in [2.45, 2.75) is 12.4 Å². The zero-order chi connectivity index (χ0) is 16.4. The Labute approximate surface area is 114 Å². The molecule has 6 N–H and O–H groups in total. The van der Waals surface area contributed by atoms with Crippen LogP contribution < -0.4 is 17.2 Å². The quantitative estimate of drug-likeness (QED) is 0.576. The molecule has 0 aliphatic carbocycles. The van der Waals surface area contributed by atoms with Crippen LogP contribution in [0.1, 0.15) is 16.8 Å². The van der Waals surface area contributed by atoms with E-state index in [9.17, 15) is 26.3 Å². The average Bonchev–Trinajstić information content (AvgIpc) is 2.33. The maximum atomic E-state index is 12.8. The number of alkyl halides is 6. The molecule has 4 nitrogen and oxygen atoms in total. The van der Waals surface area contributed by atoms with Crippen molar-refractivity contribution in [3.63, 3.8) is 0 Å². The molecule has 0 saturated heterocycles. The van der Waals surface area contributed by atoms with Crippen LogP contribution in [0.4, 0.5) is 26.3 Å². The van der Waals surface area contributed by atoms with E-state index in [-0.39, 0.29) is 11.9 Å². The molecule has 0 atom stereocenters. The largest absolute Gasteiger partial charge is 0.433 e. The molecule has 0 spiro atoms. The molecule has 10 heteroatoms. The second-order valence-electron chi connectivity index (χ2n) is 3.90. The van der Waals surface area contributed by atoms with Crippen LogP contribution in [0.15, 0.2) is 30.2 Å². The van der Waals surface area contributed by atoms with Crippen molar-refractivity contribution in [3.8, 4) is 0 Å². The Morgan fingerprint density at radius 3 is 1.95 bits per heavy atom. The lowest BCUT2D eigenvalue weighted by Gasteiger charge is -2.15. The minimum absolute atomic E-state index is 0.106. The van der Waals surface area contributed by atoms with E-state index in [4.69, 9.17) is 17.2 Å². The summed E-state index contributed by atoms with van der Waals surface area (Å²) in [5.41, 5.74) is 11.1. The maximum absolute atomic E-state index is 12.8. The first kappa shape index (κ1) is 16.7. The van der Waals surface area contributed by atoms with Crippen molar-refractivity contribution < 1.29 is 26.3 Å². The van der Waals surface area contributed by atoms with Crippen LogP contribution in [0.2, 0.25) is 0 Å². The average molecular weight is 312 g/mol. The minimum Gasteiger partial charge on any atom is -0.398 e. The minimum atomic E-state index is -5.03. The Balaban J connectivity index is 3.47. The molecular formula is C11H10F6N4. The number of pyridine rings is 1. The number of halogens is 6. The van der Waals surface area contributed by atoms with E-state index in [1.807, 2.05) is 0 Å². The fourth-order valence-electron chi connectivity index (χ4n) is 1.35. The number of rotatable bonds is 2. The van der Waals surface area contributed by atoms with Crippen molar-refractivity contribution in [1.29, 1.82) is 0 Å². The van der Waals surface area contributed by atoms with Crippen molar-refractivity contribution in [1.82, 2.24) is 4.98 Å². The van der Waals surface area contributed by atoms with E-state index >= 15 is 0 Å². The normalized spacial score (nSPS) is 13.1. The van der Waals surface area contributed by atoms with E-state index < -0.39 is 34.9 Å². The summed E-state index contributed by atoms with van der Waals surface area (Å²) in [6, 6.07) is -0.106. The highest BCUT2D eigenvalue weighted by molar-refractivity contribution is 5.67. The van der Waals surface area contributed by atoms with Gasteiger partial charge in [-0.1, -0.05) is 0 Å². The number of nitrogens with two attached hydrogens (primary N) is 3. The lowest BCUT2D eigenvalue weighted by molar-refractivity contribution is -0.145. The molecule has 1 aromatic rings. The zero-order valence-electron chi connectivity index (χ0n) is 10.3. The van der Waals surface area contributed by atoms with E-state index in [1.54, 1.807) is 0 Å². The first-order valence-corrected chi connectivity index (χ1v) is 5.26. The highest BCUT2D eigenvalue weighted by Crippen LogP contribution is 2.37. The van der Waals surface area contributed by atoms with Gasteiger partial charge in [-0.2, -0.15) is 26.3 Å². The molecule has 1 aromatic heterocycles. The van der Waals surface area contributed by atoms with Gasteiger partial charge in [-0.3, -0.25) is 4.98 Å². The molecular weight excluding hydrogens is 302 g/mol. The van der Waals surface area contributed by atoms with Gasteiger partial charge in [0.25, 0.3) is 0 Å². The van der Waals surface area contributed by atoms with E-state index in [1.165, 1.54) is 0 Å². The fourth-order valence-corrected chi connectivity index (χ4v) is 1.35. The summed E-state index contributed by atoms with van der Waals surface area (Å²) >= 11 is 0. The number of hydrogen-bond donors (Lipinski definition) is 3. The van der Waals surface area contributed by atoms with Crippen LogP contribution in [0, 0.1) is 0 Å². The maximum Gasteiger partial charge on any atom is 0.433 e. The highest BCUT2D eigenvalue weighted by atomic mass is 19.4. The third-order valence-corrected chi connectivity index (χ3v) is 2.27. The van der Waals surface area contributed by atoms with Gasteiger partial charge in [0.1, 0.15) is 5.69 Å². The van der Waals surface area contributed by atoms with Crippen LogP contribution in [-0.2, 0) is 12.4 Å². The van der Waals surface area contributed by atoms with Crippen LogP contribution in [0.3, 0.4) is 0 Å². The van der Waals surface area contributed by atoms with E-state index in [0.717, 1.165) is 12.2 Å². The Bertz CT molecular complexity index is 581. The first-order chi connectivity index (χ1) is 9.43. The Hall–Kier alpha value is -2.39. The molecule has 0 aliphatic heterocycles. The lowest BCUT2D eigenvalue weighted by Crippen LogP contribution is -2.16. The summed E-state index contributed by atoms with van der Waals surface area (Å²) in [5, 5.41) is 0. The first-order valence-electron chi connectivity index (χ1n) is 5.26. The Morgan fingerprint density at radius 1 is 0.952 bits per heavy atom. The van der Waals surface area contributed by atoms with Gasteiger partial charge in [0.05, 0.1) is 11.4 Å². The van der Waals surface area contributed by atoms with Gasteiger partial charge < -0.3 is 17.2 Å². The summed E-state index contributed by atoms with van der Waals surface area (Å²) < 4.78 is 75.8. The van der Waals surface area contributed by atoms with Crippen LogP contribution in [-0.4, -0.2) is 4.98 Å². The Kier molecular flexibility index (Phi) is 4.40. The summed E-state index contributed by atoms with van der Waals surface area (Å²) in [6.07, 6.45) is -7.69. The molecule has 0 radical (unpaired) electrons. The predicted molar refractivity (Wildman–Crippen MR) is 62.9 cm³/mol. The fraction of sp³-hybridized carbons (Fsp3) is 0.182. The number of hydrogen-bond acceptors (Lipinski definition) is 4. The van der Waals surface area contributed by atoms with E-state index in [0.29, 0.717) is 6.20 Å². The second kappa shape index (κ2) is 5.54. The molecule has 0 fully saturated rings. The monoisotopic (exact) mass is 312 g/mol.